The van der Waals surface area contributed by atoms with Crippen LogP contribution in [0.15, 0.2) is 36.4 Å². The van der Waals surface area contributed by atoms with Crippen molar-refractivity contribution in [3.8, 4) is 5.75 Å². The monoisotopic (exact) mass is 360 g/mol. The largest absolute Gasteiger partial charge is 0.486 e. The summed E-state index contributed by atoms with van der Waals surface area (Å²) in [6.45, 7) is 4.23. The molecule has 0 aliphatic heterocycles. The zero-order valence-electron chi connectivity index (χ0n) is 13.8. The van der Waals surface area contributed by atoms with Gasteiger partial charge in [0.15, 0.2) is 0 Å². The van der Waals surface area contributed by atoms with E-state index < -0.39 is 6.09 Å². The minimum atomic E-state index is -0.485. The molecule has 3 aromatic rings. The van der Waals surface area contributed by atoms with E-state index in [1.807, 2.05) is 13.0 Å². The zero-order valence-corrected chi connectivity index (χ0v) is 14.7. The summed E-state index contributed by atoms with van der Waals surface area (Å²) in [5.74, 6) is 0.364. The average Bonchev–Trinajstić information content (AvgIpc) is 2.97. The SMILES string of the molecule is CCOC(=O)Nc1ccc(OCc2nc3cc(F)ccc3s2)cc1C. The van der Waals surface area contributed by atoms with E-state index in [1.165, 1.54) is 23.5 Å². The van der Waals surface area contributed by atoms with E-state index in [1.54, 1.807) is 25.1 Å². The van der Waals surface area contributed by atoms with Crippen molar-refractivity contribution in [2.75, 3.05) is 11.9 Å². The molecule has 130 valence electrons. The van der Waals surface area contributed by atoms with Gasteiger partial charge in [-0.15, -0.1) is 11.3 Å². The Morgan fingerprint density at radius 2 is 2.12 bits per heavy atom. The standard InChI is InChI=1S/C18H17FN2O3S/c1-3-23-18(22)21-14-6-5-13(8-11(14)2)24-10-17-20-15-9-12(19)4-7-16(15)25-17/h4-9H,3,10H2,1-2H3,(H,21,22). The van der Waals surface area contributed by atoms with Gasteiger partial charge in [0.1, 0.15) is 23.2 Å². The van der Waals surface area contributed by atoms with E-state index in [2.05, 4.69) is 10.3 Å². The second kappa shape index (κ2) is 7.48. The third-order valence-electron chi connectivity index (χ3n) is 3.47. The summed E-state index contributed by atoms with van der Waals surface area (Å²) in [5, 5.41) is 3.44. The van der Waals surface area contributed by atoms with Crippen molar-refractivity contribution >= 4 is 33.3 Å². The molecule has 1 amide bonds. The van der Waals surface area contributed by atoms with Crippen LogP contribution in [0.2, 0.25) is 0 Å². The Kier molecular flexibility index (Phi) is 5.14. The topological polar surface area (TPSA) is 60.5 Å². The number of hydrogen-bond acceptors (Lipinski definition) is 5. The molecular weight excluding hydrogens is 343 g/mol. The fourth-order valence-corrected chi connectivity index (χ4v) is 3.16. The minimum absolute atomic E-state index is 0.297. The molecule has 1 heterocycles. The number of nitrogens with one attached hydrogen (secondary N) is 1. The normalized spacial score (nSPS) is 10.7. The molecule has 0 saturated carbocycles. The van der Waals surface area contributed by atoms with E-state index in [0.29, 0.717) is 30.2 Å². The lowest BCUT2D eigenvalue weighted by Gasteiger charge is -2.10. The number of nitrogens with zero attached hydrogens (tertiary/aromatic N) is 1. The third-order valence-corrected chi connectivity index (χ3v) is 4.48. The number of amides is 1. The molecule has 5 nitrogen and oxygen atoms in total. The van der Waals surface area contributed by atoms with Gasteiger partial charge in [0.2, 0.25) is 0 Å². The van der Waals surface area contributed by atoms with Crippen molar-refractivity contribution in [1.29, 1.82) is 0 Å². The van der Waals surface area contributed by atoms with Gasteiger partial charge in [-0.05, 0) is 49.7 Å². The molecule has 1 N–H and O–H groups in total. The molecule has 0 aliphatic rings. The number of anilines is 1. The summed E-state index contributed by atoms with van der Waals surface area (Å²) in [7, 11) is 0. The fraction of sp³-hybridized carbons (Fsp3) is 0.222. The number of halogens is 1. The molecule has 0 atom stereocenters. The van der Waals surface area contributed by atoms with E-state index in [9.17, 15) is 9.18 Å². The highest BCUT2D eigenvalue weighted by molar-refractivity contribution is 7.18. The number of aromatic nitrogens is 1. The summed E-state index contributed by atoms with van der Waals surface area (Å²) in [4.78, 5) is 15.8. The molecule has 7 heteroatoms. The quantitative estimate of drug-likeness (QED) is 0.704. The molecule has 0 unspecified atom stereocenters. The molecule has 3 rings (SSSR count). The van der Waals surface area contributed by atoms with Crippen LogP contribution < -0.4 is 10.1 Å². The van der Waals surface area contributed by atoms with Gasteiger partial charge in [0, 0.05) is 11.8 Å². The van der Waals surface area contributed by atoms with Gasteiger partial charge in [-0.25, -0.2) is 14.2 Å². The van der Waals surface area contributed by atoms with Crippen LogP contribution in [0.5, 0.6) is 5.75 Å². The first-order valence-electron chi connectivity index (χ1n) is 7.77. The Balaban J connectivity index is 1.66. The van der Waals surface area contributed by atoms with E-state index in [0.717, 1.165) is 15.3 Å². The van der Waals surface area contributed by atoms with Crippen molar-refractivity contribution in [3.05, 3.63) is 52.8 Å². The predicted octanol–water partition coefficient (Wildman–Crippen LogP) is 4.89. The number of ether oxygens (including phenoxy) is 2. The van der Waals surface area contributed by atoms with Gasteiger partial charge in [0.25, 0.3) is 0 Å². The number of carbonyl (C=O) groups excluding carboxylic acids is 1. The molecular formula is C18H17FN2O3S. The number of benzene rings is 2. The Hall–Kier alpha value is -2.67. The third kappa shape index (κ3) is 4.24. The number of aryl methyl sites for hydroxylation is 1. The highest BCUT2D eigenvalue weighted by Gasteiger charge is 2.08. The molecule has 0 aliphatic carbocycles. The van der Waals surface area contributed by atoms with Gasteiger partial charge in [-0.1, -0.05) is 0 Å². The summed E-state index contributed by atoms with van der Waals surface area (Å²) in [6.07, 6.45) is -0.485. The molecule has 1 aromatic heterocycles. The van der Waals surface area contributed by atoms with Crippen LogP contribution in [0, 0.1) is 12.7 Å². The summed E-state index contributed by atoms with van der Waals surface area (Å²) in [5.41, 5.74) is 2.16. The Labute approximate surface area is 148 Å². The minimum Gasteiger partial charge on any atom is -0.486 e. The van der Waals surface area contributed by atoms with Crippen molar-refractivity contribution < 1.29 is 18.7 Å². The van der Waals surface area contributed by atoms with Gasteiger partial charge in [-0.2, -0.15) is 0 Å². The molecule has 0 saturated heterocycles. The summed E-state index contributed by atoms with van der Waals surface area (Å²) < 4.78 is 24.7. The summed E-state index contributed by atoms with van der Waals surface area (Å²) in [6, 6.07) is 9.90. The predicted molar refractivity (Wildman–Crippen MR) is 95.7 cm³/mol. The summed E-state index contributed by atoms with van der Waals surface area (Å²) >= 11 is 1.47. The molecule has 0 radical (unpaired) electrons. The number of hydrogen-bond donors (Lipinski definition) is 1. The van der Waals surface area contributed by atoms with Gasteiger partial charge < -0.3 is 9.47 Å². The lowest BCUT2D eigenvalue weighted by molar-refractivity contribution is 0.168. The Morgan fingerprint density at radius 3 is 2.88 bits per heavy atom. The van der Waals surface area contributed by atoms with Crippen LogP contribution >= 0.6 is 11.3 Å². The zero-order chi connectivity index (χ0) is 17.8. The van der Waals surface area contributed by atoms with Crippen molar-refractivity contribution in [2.45, 2.75) is 20.5 Å². The van der Waals surface area contributed by atoms with Crippen LogP contribution in [-0.2, 0) is 11.3 Å². The van der Waals surface area contributed by atoms with E-state index in [-0.39, 0.29) is 5.82 Å². The molecule has 0 spiro atoms. The van der Waals surface area contributed by atoms with Crippen molar-refractivity contribution in [1.82, 2.24) is 4.98 Å². The second-order valence-corrected chi connectivity index (χ2v) is 6.45. The first-order valence-corrected chi connectivity index (χ1v) is 8.59. The maximum absolute atomic E-state index is 13.2. The van der Waals surface area contributed by atoms with Crippen LogP contribution in [0.3, 0.4) is 0 Å². The molecule has 0 bridgehead atoms. The lowest BCUT2D eigenvalue weighted by atomic mass is 10.2. The van der Waals surface area contributed by atoms with Crippen molar-refractivity contribution in [2.24, 2.45) is 0 Å². The number of carbonyl (C=O) groups is 1. The first kappa shape index (κ1) is 17.2. The van der Waals surface area contributed by atoms with Crippen LogP contribution in [0.25, 0.3) is 10.2 Å². The highest BCUT2D eigenvalue weighted by atomic mass is 32.1. The smallest absolute Gasteiger partial charge is 0.411 e. The Morgan fingerprint density at radius 1 is 1.28 bits per heavy atom. The Bertz CT molecular complexity index is 910. The average molecular weight is 360 g/mol. The van der Waals surface area contributed by atoms with Crippen LogP contribution in [0.4, 0.5) is 14.9 Å². The van der Waals surface area contributed by atoms with Crippen molar-refractivity contribution in [3.63, 3.8) is 0 Å². The van der Waals surface area contributed by atoms with Gasteiger partial charge >= 0.3 is 6.09 Å². The van der Waals surface area contributed by atoms with E-state index >= 15 is 0 Å². The van der Waals surface area contributed by atoms with Crippen LogP contribution in [-0.4, -0.2) is 17.7 Å². The first-order chi connectivity index (χ1) is 12.0. The maximum atomic E-state index is 13.2. The lowest BCUT2D eigenvalue weighted by Crippen LogP contribution is -2.14. The molecule has 0 fully saturated rings. The second-order valence-electron chi connectivity index (χ2n) is 5.33. The number of rotatable bonds is 5. The van der Waals surface area contributed by atoms with Crippen LogP contribution in [0.1, 0.15) is 17.5 Å². The fourth-order valence-electron chi connectivity index (χ4n) is 2.30. The van der Waals surface area contributed by atoms with Gasteiger partial charge in [0.05, 0.1) is 16.8 Å². The number of fused-ring (bicyclic) bond motifs is 1. The molecule has 25 heavy (non-hydrogen) atoms. The highest BCUT2D eigenvalue weighted by Crippen LogP contribution is 2.26. The molecule has 2 aromatic carbocycles. The number of thiazole rings is 1. The van der Waals surface area contributed by atoms with Gasteiger partial charge in [-0.3, -0.25) is 5.32 Å². The maximum Gasteiger partial charge on any atom is 0.411 e. The van der Waals surface area contributed by atoms with E-state index in [4.69, 9.17) is 9.47 Å².